The fourth-order valence-corrected chi connectivity index (χ4v) is 1.56. The van der Waals surface area contributed by atoms with Gasteiger partial charge in [-0.3, -0.25) is 4.98 Å². The Balaban J connectivity index is 2.38. The van der Waals surface area contributed by atoms with Crippen LogP contribution in [-0.4, -0.2) is 31.0 Å². The van der Waals surface area contributed by atoms with Gasteiger partial charge in [0.15, 0.2) is 6.29 Å². The highest BCUT2D eigenvalue weighted by Gasteiger charge is 2.10. The predicted molar refractivity (Wildman–Crippen MR) is 67.7 cm³/mol. The van der Waals surface area contributed by atoms with Crippen molar-refractivity contribution >= 4 is 0 Å². The van der Waals surface area contributed by atoms with Crippen molar-refractivity contribution < 1.29 is 9.47 Å². The summed E-state index contributed by atoms with van der Waals surface area (Å²) in [6.45, 7) is 8.04. The fourth-order valence-electron chi connectivity index (χ4n) is 1.56. The molecule has 0 aliphatic carbocycles. The Morgan fingerprint density at radius 2 is 2.00 bits per heavy atom. The van der Waals surface area contributed by atoms with E-state index in [0.717, 1.165) is 0 Å². The van der Waals surface area contributed by atoms with Gasteiger partial charge in [0.05, 0.1) is 0 Å². The molecule has 0 fully saturated rings. The molecular weight excluding hydrogens is 216 g/mol. The summed E-state index contributed by atoms with van der Waals surface area (Å²) in [5.41, 5.74) is 1.17. The topological polar surface area (TPSA) is 43.4 Å². The average Bonchev–Trinajstić information content (AvgIpc) is 2.37. The van der Waals surface area contributed by atoms with Crippen LogP contribution >= 0.6 is 0 Å². The number of aromatic nitrogens is 1. The molecule has 0 amide bonds. The first-order valence-electron chi connectivity index (χ1n) is 6.14. The van der Waals surface area contributed by atoms with Crippen molar-refractivity contribution in [2.75, 3.05) is 19.8 Å². The molecule has 4 nitrogen and oxygen atoms in total. The number of nitrogens with zero attached hydrogens (tertiary/aromatic N) is 1. The normalized spacial score (nSPS) is 12.9. The van der Waals surface area contributed by atoms with E-state index in [-0.39, 0.29) is 12.3 Å². The van der Waals surface area contributed by atoms with Gasteiger partial charge in [0.1, 0.15) is 0 Å². The minimum atomic E-state index is -0.177. The number of hydrogen-bond acceptors (Lipinski definition) is 4. The van der Waals surface area contributed by atoms with Gasteiger partial charge in [0.2, 0.25) is 0 Å². The van der Waals surface area contributed by atoms with Gasteiger partial charge in [0.25, 0.3) is 0 Å². The van der Waals surface area contributed by atoms with Crippen LogP contribution in [-0.2, 0) is 9.47 Å². The van der Waals surface area contributed by atoms with Crippen LogP contribution in [0.2, 0.25) is 0 Å². The van der Waals surface area contributed by atoms with E-state index in [1.807, 2.05) is 26.1 Å². The first-order valence-corrected chi connectivity index (χ1v) is 6.14. The molecule has 0 aromatic carbocycles. The summed E-state index contributed by atoms with van der Waals surface area (Å²) in [4.78, 5) is 4.10. The Kier molecular flexibility index (Phi) is 6.77. The Hall–Kier alpha value is -0.970. The fraction of sp³-hybridized carbons (Fsp3) is 0.615. The van der Waals surface area contributed by atoms with Gasteiger partial charge >= 0.3 is 0 Å². The highest BCUT2D eigenvalue weighted by atomic mass is 16.7. The van der Waals surface area contributed by atoms with Crippen LogP contribution in [0.25, 0.3) is 0 Å². The molecule has 1 atom stereocenters. The van der Waals surface area contributed by atoms with E-state index in [9.17, 15) is 0 Å². The van der Waals surface area contributed by atoms with E-state index in [1.54, 1.807) is 6.20 Å². The lowest BCUT2D eigenvalue weighted by Crippen LogP contribution is -2.33. The SMILES string of the molecule is CCOC(CN[C@H](C)c1cccnc1)OCC. The predicted octanol–water partition coefficient (Wildman–Crippen LogP) is 2.13. The van der Waals surface area contributed by atoms with Gasteiger partial charge in [-0.1, -0.05) is 6.07 Å². The van der Waals surface area contributed by atoms with Gasteiger partial charge in [-0.2, -0.15) is 0 Å². The zero-order chi connectivity index (χ0) is 12.5. The largest absolute Gasteiger partial charge is 0.352 e. The summed E-state index contributed by atoms with van der Waals surface area (Å²) in [5, 5.41) is 3.38. The highest BCUT2D eigenvalue weighted by molar-refractivity contribution is 5.12. The maximum absolute atomic E-state index is 5.47. The molecule has 1 aromatic rings. The molecule has 0 saturated heterocycles. The molecule has 0 saturated carbocycles. The van der Waals surface area contributed by atoms with Gasteiger partial charge in [-0.15, -0.1) is 0 Å². The quantitative estimate of drug-likeness (QED) is 0.705. The maximum Gasteiger partial charge on any atom is 0.169 e. The molecule has 0 unspecified atom stereocenters. The van der Waals surface area contributed by atoms with E-state index in [1.165, 1.54) is 5.56 Å². The second-order valence-corrected chi connectivity index (χ2v) is 3.76. The van der Waals surface area contributed by atoms with Gasteiger partial charge < -0.3 is 14.8 Å². The van der Waals surface area contributed by atoms with Crippen molar-refractivity contribution in [2.45, 2.75) is 33.1 Å². The van der Waals surface area contributed by atoms with Crippen LogP contribution in [0.5, 0.6) is 0 Å². The summed E-state index contributed by atoms with van der Waals surface area (Å²) < 4.78 is 10.9. The van der Waals surface area contributed by atoms with Crippen LogP contribution in [0, 0.1) is 0 Å². The first kappa shape index (κ1) is 14.1. The summed E-state index contributed by atoms with van der Waals surface area (Å²) in [5.74, 6) is 0. The summed E-state index contributed by atoms with van der Waals surface area (Å²) in [6.07, 6.45) is 3.47. The molecule has 0 aliphatic heterocycles. The van der Waals surface area contributed by atoms with E-state index < -0.39 is 0 Å². The van der Waals surface area contributed by atoms with Crippen molar-refractivity contribution in [3.63, 3.8) is 0 Å². The van der Waals surface area contributed by atoms with Crippen LogP contribution in [0.3, 0.4) is 0 Å². The molecule has 96 valence electrons. The standard InChI is InChI=1S/C13H22N2O2/c1-4-16-13(17-5-2)10-15-11(3)12-7-6-8-14-9-12/h6-9,11,13,15H,4-5,10H2,1-3H3/t11-/m1/s1. The molecule has 17 heavy (non-hydrogen) atoms. The zero-order valence-corrected chi connectivity index (χ0v) is 10.8. The van der Waals surface area contributed by atoms with E-state index in [4.69, 9.17) is 9.47 Å². The minimum absolute atomic E-state index is 0.177. The number of ether oxygens (including phenoxy) is 2. The third kappa shape index (κ3) is 5.26. The lowest BCUT2D eigenvalue weighted by molar-refractivity contribution is -0.133. The van der Waals surface area contributed by atoms with Crippen LogP contribution in [0.4, 0.5) is 0 Å². The van der Waals surface area contributed by atoms with Crippen LogP contribution in [0.1, 0.15) is 32.4 Å². The highest BCUT2D eigenvalue weighted by Crippen LogP contribution is 2.09. The summed E-state index contributed by atoms with van der Waals surface area (Å²) >= 11 is 0. The molecule has 0 bridgehead atoms. The average molecular weight is 238 g/mol. The number of nitrogens with one attached hydrogen (secondary N) is 1. The summed E-state index contributed by atoms with van der Waals surface area (Å²) in [6, 6.07) is 4.24. The lowest BCUT2D eigenvalue weighted by Gasteiger charge is -2.20. The van der Waals surface area contributed by atoms with Crippen molar-refractivity contribution in [3.05, 3.63) is 30.1 Å². The molecule has 1 aromatic heterocycles. The first-order chi connectivity index (χ1) is 8.27. The second-order valence-electron chi connectivity index (χ2n) is 3.76. The zero-order valence-electron chi connectivity index (χ0n) is 10.8. The monoisotopic (exact) mass is 238 g/mol. The molecule has 1 rings (SSSR count). The van der Waals surface area contributed by atoms with Crippen molar-refractivity contribution in [2.24, 2.45) is 0 Å². The van der Waals surface area contributed by atoms with Gasteiger partial charge in [-0.25, -0.2) is 0 Å². The Morgan fingerprint density at radius 3 is 2.53 bits per heavy atom. The van der Waals surface area contributed by atoms with Crippen molar-refractivity contribution in [1.82, 2.24) is 10.3 Å². The van der Waals surface area contributed by atoms with Crippen molar-refractivity contribution in [1.29, 1.82) is 0 Å². The summed E-state index contributed by atoms with van der Waals surface area (Å²) in [7, 11) is 0. The lowest BCUT2D eigenvalue weighted by atomic mass is 10.1. The Bertz CT molecular complexity index is 287. The molecule has 1 heterocycles. The third-order valence-corrected chi connectivity index (χ3v) is 2.48. The van der Waals surface area contributed by atoms with E-state index in [0.29, 0.717) is 19.8 Å². The molecular formula is C13H22N2O2. The van der Waals surface area contributed by atoms with Crippen LogP contribution in [0.15, 0.2) is 24.5 Å². The smallest absolute Gasteiger partial charge is 0.169 e. The Labute approximate surface area is 103 Å². The van der Waals surface area contributed by atoms with Gasteiger partial charge in [-0.05, 0) is 32.4 Å². The van der Waals surface area contributed by atoms with Gasteiger partial charge in [0, 0.05) is 38.2 Å². The second kappa shape index (κ2) is 8.17. The maximum atomic E-state index is 5.47. The molecule has 0 radical (unpaired) electrons. The number of hydrogen-bond donors (Lipinski definition) is 1. The number of pyridine rings is 1. The van der Waals surface area contributed by atoms with E-state index in [2.05, 4.69) is 23.3 Å². The molecule has 0 spiro atoms. The molecule has 1 N–H and O–H groups in total. The van der Waals surface area contributed by atoms with E-state index >= 15 is 0 Å². The molecule has 4 heteroatoms. The minimum Gasteiger partial charge on any atom is -0.352 e. The molecule has 0 aliphatic rings. The number of rotatable bonds is 8. The third-order valence-electron chi connectivity index (χ3n) is 2.48. The van der Waals surface area contributed by atoms with Crippen molar-refractivity contribution in [3.8, 4) is 0 Å². The van der Waals surface area contributed by atoms with Crippen LogP contribution < -0.4 is 5.32 Å². The Morgan fingerprint density at radius 1 is 1.29 bits per heavy atom.